The molecule has 0 amide bonds. The van der Waals surface area contributed by atoms with E-state index in [0.29, 0.717) is 6.54 Å². The summed E-state index contributed by atoms with van der Waals surface area (Å²) < 4.78 is 0. The van der Waals surface area contributed by atoms with Crippen molar-refractivity contribution in [3.8, 4) is 22.4 Å². The molecular formula is C16H16N4. The van der Waals surface area contributed by atoms with Crippen molar-refractivity contribution in [2.24, 2.45) is 5.73 Å². The molecule has 0 aliphatic carbocycles. The van der Waals surface area contributed by atoms with Gasteiger partial charge in [0.25, 0.3) is 0 Å². The van der Waals surface area contributed by atoms with Gasteiger partial charge in [-0.05, 0) is 30.2 Å². The van der Waals surface area contributed by atoms with Crippen molar-refractivity contribution in [3.05, 3.63) is 60.0 Å². The van der Waals surface area contributed by atoms with E-state index >= 15 is 0 Å². The predicted octanol–water partition coefficient (Wildman–Crippen LogP) is 2.91. The van der Waals surface area contributed by atoms with Gasteiger partial charge in [0.05, 0.1) is 0 Å². The normalized spacial score (nSPS) is 10.7. The van der Waals surface area contributed by atoms with Crippen LogP contribution in [0.15, 0.2) is 48.8 Å². The van der Waals surface area contributed by atoms with E-state index in [9.17, 15) is 0 Å². The standard InChI is InChI=1S/C16H16N4/c1-11-15(12-6-8-18-9-7-12)16(20-19-11)14-5-3-2-4-13(14)10-17/h2-9H,10,17H2,1H3,(H,19,20). The Bertz CT molecular complexity index is 716. The number of hydrogen-bond donors (Lipinski definition) is 2. The molecule has 0 unspecified atom stereocenters. The van der Waals surface area contributed by atoms with Gasteiger partial charge in [-0.1, -0.05) is 24.3 Å². The Morgan fingerprint density at radius 1 is 1.10 bits per heavy atom. The average molecular weight is 264 g/mol. The maximum Gasteiger partial charge on any atom is 0.100 e. The molecule has 1 aromatic carbocycles. The summed E-state index contributed by atoms with van der Waals surface area (Å²) in [5.41, 5.74) is 12.2. The van der Waals surface area contributed by atoms with Crippen molar-refractivity contribution >= 4 is 0 Å². The Hall–Kier alpha value is -2.46. The average Bonchev–Trinajstić information content (AvgIpc) is 2.89. The number of aromatic amines is 1. The van der Waals surface area contributed by atoms with Crippen LogP contribution in [0.5, 0.6) is 0 Å². The summed E-state index contributed by atoms with van der Waals surface area (Å²) in [6, 6.07) is 12.1. The molecule has 2 aromatic heterocycles. The Labute approximate surface area is 117 Å². The molecule has 100 valence electrons. The summed E-state index contributed by atoms with van der Waals surface area (Å²) in [4.78, 5) is 4.07. The van der Waals surface area contributed by atoms with Gasteiger partial charge in [-0.15, -0.1) is 0 Å². The van der Waals surface area contributed by atoms with Crippen LogP contribution in [0.2, 0.25) is 0 Å². The summed E-state index contributed by atoms with van der Waals surface area (Å²) in [7, 11) is 0. The summed E-state index contributed by atoms with van der Waals surface area (Å²) in [6.45, 7) is 2.52. The third kappa shape index (κ3) is 2.10. The van der Waals surface area contributed by atoms with Crippen molar-refractivity contribution in [1.82, 2.24) is 15.2 Å². The van der Waals surface area contributed by atoms with Crippen LogP contribution in [0.1, 0.15) is 11.3 Å². The first-order chi connectivity index (χ1) is 9.81. The molecule has 0 radical (unpaired) electrons. The van der Waals surface area contributed by atoms with Crippen molar-refractivity contribution in [2.75, 3.05) is 0 Å². The van der Waals surface area contributed by atoms with Crippen LogP contribution in [0, 0.1) is 6.92 Å². The molecule has 3 rings (SSSR count). The van der Waals surface area contributed by atoms with Crippen molar-refractivity contribution in [3.63, 3.8) is 0 Å². The Morgan fingerprint density at radius 2 is 1.85 bits per heavy atom. The van der Waals surface area contributed by atoms with Crippen molar-refractivity contribution in [1.29, 1.82) is 0 Å². The maximum absolute atomic E-state index is 5.84. The Morgan fingerprint density at radius 3 is 2.60 bits per heavy atom. The molecule has 4 heteroatoms. The molecular weight excluding hydrogens is 248 g/mol. The van der Waals surface area contributed by atoms with E-state index in [1.54, 1.807) is 12.4 Å². The number of H-pyrrole nitrogens is 1. The first-order valence-electron chi connectivity index (χ1n) is 6.55. The topological polar surface area (TPSA) is 67.6 Å². The van der Waals surface area contributed by atoms with E-state index in [0.717, 1.165) is 33.6 Å². The molecule has 0 spiro atoms. The van der Waals surface area contributed by atoms with E-state index in [2.05, 4.69) is 21.2 Å². The minimum atomic E-state index is 0.498. The number of nitrogens with one attached hydrogen (secondary N) is 1. The molecule has 0 bridgehead atoms. The van der Waals surface area contributed by atoms with Gasteiger partial charge >= 0.3 is 0 Å². The van der Waals surface area contributed by atoms with Gasteiger partial charge in [0.15, 0.2) is 0 Å². The summed E-state index contributed by atoms with van der Waals surface area (Å²) in [5, 5.41) is 7.54. The summed E-state index contributed by atoms with van der Waals surface area (Å²) in [5.74, 6) is 0. The molecule has 0 atom stereocenters. The quantitative estimate of drug-likeness (QED) is 0.764. The highest BCUT2D eigenvalue weighted by atomic mass is 15.1. The highest BCUT2D eigenvalue weighted by molar-refractivity contribution is 5.83. The number of aromatic nitrogens is 3. The van der Waals surface area contributed by atoms with Gasteiger partial charge in [0.1, 0.15) is 5.69 Å². The molecule has 2 heterocycles. The number of rotatable bonds is 3. The van der Waals surface area contributed by atoms with Crippen LogP contribution < -0.4 is 5.73 Å². The molecule has 3 N–H and O–H groups in total. The minimum Gasteiger partial charge on any atom is -0.326 e. The second kappa shape index (κ2) is 5.27. The van der Waals surface area contributed by atoms with Gasteiger partial charge < -0.3 is 5.73 Å². The zero-order valence-corrected chi connectivity index (χ0v) is 11.3. The maximum atomic E-state index is 5.84. The molecule has 20 heavy (non-hydrogen) atoms. The fraction of sp³-hybridized carbons (Fsp3) is 0.125. The first-order valence-corrected chi connectivity index (χ1v) is 6.55. The zero-order chi connectivity index (χ0) is 13.9. The van der Waals surface area contributed by atoms with Crippen LogP contribution in [0.25, 0.3) is 22.4 Å². The number of nitrogens with zero attached hydrogens (tertiary/aromatic N) is 2. The van der Waals surface area contributed by atoms with Crippen LogP contribution in [0.3, 0.4) is 0 Å². The third-order valence-electron chi connectivity index (χ3n) is 3.41. The highest BCUT2D eigenvalue weighted by Crippen LogP contribution is 2.34. The lowest BCUT2D eigenvalue weighted by Crippen LogP contribution is -1.99. The van der Waals surface area contributed by atoms with E-state index in [-0.39, 0.29) is 0 Å². The fourth-order valence-corrected chi connectivity index (χ4v) is 2.43. The minimum absolute atomic E-state index is 0.498. The van der Waals surface area contributed by atoms with E-state index < -0.39 is 0 Å². The number of aryl methyl sites for hydroxylation is 1. The van der Waals surface area contributed by atoms with Gasteiger partial charge in [0, 0.05) is 35.8 Å². The van der Waals surface area contributed by atoms with Gasteiger partial charge in [-0.25, -0.2) is 0 Å². The SMILES string of the molecule is Cc1[nH]nc(-c2ccccc2CN)c1-c1ccncc1. The van der Waals surface area contributed by atoms with Gasteiger partial charge in [-0.2, -0.15) is 5.10 Å². The molecule has 0 aliphatic heterocycles. The van der Waals surface area contributed by atoms with E-state index in [1.165, 1.54) is 0 Å². The first kappa shape index (κ1) is 12.6. The number of nitrogens with two attached hydrogens (primary N) is 1. The fourth-order valence-electron chi connectivity index (χ4n) is 2.43. The lowest BCUT2D eigenvalue weighted by molar-refractivity contribution is 1.04. The van der Waals surface area contributed by atoms with Crippen molar-refractivity contribution in [2.45, 2.75) is 13.5 Å². The number of hydrogen-bond acceptors (Lipinski definition) is 3. The zero-order valence-electron chi connectivity index (χ0n) is 11.3. The number of benzene rings is 1. The van der Waals surface area contributed by atoms with Crippen LogP contribution in [0.4, 0.5) is 0 Å². The van der Waals surface area contributed by atoms with Gasteiger partial charge in [0.2, 0.25) is 0 Å². The summed E-state index contributed by atoms with van der Waals surface area (Å²) >= 11 is 0. The Balaban J connectivity index is 2.22. The predicted molar refractivity (Wildman–Crippen MR) is 79.9 cm³/mol. The molecule has 0 saturated carbocycles. The molecule has 4 nitrogen and oxygen atoms in total. The Kier molecular flexibility index (Phi) is 3.31. The molecule has 0 saturated heterocycles. The van der Waals surface area contributed by atoms with E-state index in [4.69, 9.17) is 5.73 Å². The second-order valence-electron chi connectivity index (χ2n) is 4.67. The van der Waals surface area contributed by atoms with Crippen molar-refractivity contribution < 1.29 is 0 Å². The van der Waals surface area contributed by atoms with Crippen LogP contribution in [-0.2, 0) is 6.54 Å². The van der Waals surface area contributed by atoms with Gasteiger partial charge in [-0.3, -0.25) is 10.1 Å². The number of pyridine rings is 1. The summed E-state index contributed by atoms with van der Waals surface area (Å²) in [6.07, 6.45) is 3.58. The highest BCUT2D eigenvalue weighted by Gasteiger charge is 2.16. The molecule has 3 aromatic rings. The third-order valence-corrected chi connectivity index (χ3v) is 3.41. The van der Waals surface area contributed by atoms with E-state index in [1.807, 2.05) is 37.3 Å². The van der Waals surface area contributed by atoms with Crippen LogP contribution in [-0.4, -0.2) is 15.2 Å². The largest absolute Gasteiger partial charge is 0.326 e. The van der Waals surface area contributed by atoms with Crippen LogP contribution >= 0.6 is 0 Å². The molecule has 0 aliphatic rings. The molecule has 0 fully saturated rings. The smallest absolute Gasteiger partial charge is 0.100 e. The lowest BCUT2D eigenvalue weighted by atomic mass is 9.97. The monoisotopic (exact) mass is 264 g/mol. The second-order valence-corrected chi connectivity index (χ2v) is 4.67. The lowest BCUT2D eigenvalue weighted by Gasteiger charge is -2.08.